The molecule has 0 spiro atoms. The molecule has 0 bridgehead atoms. The summed E-state index contributed by atoms with van der Waals surface area (Å²) in [5.74, 6) is 0.713. The summed E-state index contributed by atoms with van der Waals surface area (Å²) in [7, 11) is 0. The molecule has 7 heteroatoms. The minimum atomic E-state index is -0.549. The molecular formula is C21H34N4O3. The van der Waals surface area contributed by atoms with Gasteiger partial charge in [0.1, 0.15) is 5.60 Å². The SMILES string of the molecule is CCNC(=NCC(NC(=O)OC(C)(C)C)c1ccccc1)NCC1CCCO1. The van der Waals surface area contributed by atoms with Gasteiger partial charge in [-0.3, -0.25) is 4.99 Å². The molecule has 1 aliphatic heterocycles. The minimum Gasteiger partial charge on any atom is -0.444 e. The molecule has 156 valence electrons. The number of nitrogens with one attached hydrogen (secondary N) is 3. The van der Waals surface area contributed by atoms with Gasteiger partial charge >= 0.3 is 6.09 Å². The topological polar surface area (TPSA) is 84.0 Å². The van der Waals surface area contributed by atoms with E-state index in [0.717, 1.165) is 38.1 Å². The second-order valence-corrected chi connectivity index (χ2v) is 7.85. The minimum absolute atomic E-state index is 0.230. The molecule has 1 heterocycles. The summed E-state index contributed by atoms with van der Waals surface area (Å²) >= 11 is 0. The highest BCUT2D eigenvalue weighted by atomic mass is 16.6. The van der Waals surface area contributed by atoms with Gasteiger partial charge in [-0.25, -0.2) is 4.79 Å². The fraction of sp³-hybridized carbons (Fsp3) is 0.619. The van der Waals surface area contributed by atoms with Crippen molar-refractivity contribution in [1.82, 2.24) is 16.0 Å². The van der Waals surface area contributed by atoms with E-state index in [1.807, 2.05) is 58.0 Å². The Morgan fingerprint density at radius 1 is 1.29 bits per heavy atom. The second kappa shape index (κ2) is 10.9. The highest BCUT2D eigenvalue weighted by Crippen LogP contribution is 2.15. The molecule has 0 aromatic heterocycles. The summed E-state index contributed by atoms with van der Waals surface area (Å²) in [4.78, 5) is 17.0. The van der Waals surface area contributed by atoms with Gasteiger partial charge in [0.2, 0.25) is 0 Å². The van der Waals surface area contributed by atoms with Gasteiger partial charge in [-0.1, -0.05) is 30.3 Å². The van der Waals surface area contributed by atoms with Crippen molar-refractivity contribution >= 4 is 12.1 Å². The molecule has 1 fully saturated rings. The maximum Gasteiger partial charge on any atom is 0.408 e. The molecule has 0 saturated carbocycles. The largest absolute Gasteiger partial charge is 0.444 e. The number of aliphatic imine (C=N–C) groups is 1. The van der Waals surface area contributed by atoms with Crippen LogP contribution in [0.2, 0.25) is 0 Å². The highest BCUT2D eigenvalue weighted by Gasteiger charge is 2.21. The molecule has 3 N–H and O–H groups in total. The third-order valence-electron chi connectivity index (χ3n) is 4.19. The van der Waals surface area contributed by atoms with E-state index in [0.29, 0.717) is 12.5 Å². The van der Waals surface area contributed by atoms with Crippen LogP contribution >= 0.6 is 0 Å². The summed E-state index contributed by atoms with van der Waals surface area (Å²) in [6, 6.07) is 9.51. The molecule has 0 radical (unpaired) electrons. The molecule has 1 aromatic rings. The Balaban J connectivity index is 2.03. The van der Waals surface area contributed by atoms with Crippen LogP contribution in [-0.4, -0.2) is 50.0 Å². The third-order valence-corrected chi connectivity index (χ3v) is 4.19. The number of rotatable bonds is 7. The van der Waals surface area contributed by atoms with Gasteiger partial charge in [0.05, 0.1) is 18.7 Å². The first-order valence-corrected chi connectivity index (χ1v) is 10.1. The molecule has 1 aromatic carbocycles. The van der Waals surface area contributed by atoms with Gasteiger partial charge in [-0.05, 0) is 46.1 Å². The van der Waals surface area contributed by atoms with Crippen LogP contribution in [0.4, 0.5) is 4.79 Å². The molecule has 1 aliphatic rings. The number of hydrogen-bond donors (Lipinski definition) is 3. The quantitative estimate of drug-likeness (QED) is 0.492. The van der Waals surface area contributed by atoms with Crippen LogP contribution in [0.3, 0.4) is 0 Å². The molecule has 28 heavy (non-hydrogen) atoms. The van der Waals surface area contributed by atoms with E-state index >= 15 is 0 Å². The van der Waals surface area contributed by atoms with Crippen molar-refractivity contribution < 1.29 is 14.3 Å². The molecule has 2 atom stereocenters. The summed E-state index contributed by atoms with van der Waals surface area (Å²) in [5.41, 5.74) is 0.430. The van der Waals surface area contributed by atoms with Crippen LogP contribution in [0.15, 0.2) is 35.3 Å². The van der Waals surface area contributed by atoms with E-state index in [1.54, 1.807) is 0 Å². The number of guanidine groups is 1. The Bertz CT molecular complexity index is 622. The van der Waals surface area contributed by atoms with E-state index in [4.69, 9.17) is 9.47 Å². The summed E-state index contributed by atoms with van der Waals surface area (Å²) in [6.07, 6.45) is 1.96. The van der Waals surface area contributed by atoms with Crippen LogP contribution in [0.25, 0.3) is 0 Å². The first-order valence-electron chi connectivity index (χ1n) is 10.1. The number of benzene rings is 1. The molecule has 7 nitrogen and oxygen atoms in total. The molecule has 1 amide bonds. The number of alkyl carbamates (subject to hydrolysis) is 1. The maximum absolute atomic E-state index is 12.3. The Kier molecular flexibility index (Phi) is 8.57. The van der Waals surface area contributed by atoms with E-state index in [9.17, 15) is 4.79 Å². The number of hydrogen-bond acceptors (Lipinski definition) is 4. The molecular weight excluding hydrogens is 356 g/mol. The van der Waals surface area contributed by atoms with Crippen LogP contribution < -0.4 is 16.0 Å². The number of amides is 1. The van der Waals surface area contributed by atoms with E-state index < -0.39 is 11.7 Å². The summed E-state index contributed by atoms with van der Waals surface area (Å²) in [5, 5.41) is 9.51. The van der Waals surface area contributed by atoms with Crippen molar-refractivity contribution in [1.29, 1.82) is 0 Å². The van der Waals surface area contributed by atoms with Crippen molar-refractivity contribution in [2.75, 3.05) is 26.2 Å². The second-order valence-electron chi connectivity index (χ2n) is 7.85. The Labute approximate surface area is 168 Å². The van der Waals surface area contributed by atoms with E-state index in [-0.39, 0.29) is 12.1 Å². The lowest BCUT2D eigenvalue weighted by Gasteiger charge is -2.23. The predicted octanol–water partition coefficient (Wildman–Crippen LogP) is 2.99. The average Bonchev–Trinajstić information content (AvgIpc) is 3.15. The fourth-order valence-corrected chi connectivity index (χ4v) is 2.91. The van der Waals surface area contributed by atoms with Gasteiger partial charge in [0.25, 0.3) is 0 Å². The monoisotopic (exact) mass is 390 g/mol. The first-order chi connectivity index (χ1) is 13.4. The molecule has 0 aliphatic carbocycles. The van der Waals surface area contributed by atoms with Gasteiger partial charge in [-0.2, -0.15) is 0 Å². The van der Waals surface area contributed by atoms with Crippen molar-refractivity contribution in [3.63, 3.8) is 0 Å². The molecule has 2 rings (SSSR count). The third kappa shape index (κ3) is 8.17. The summed E-state index contributed by atoms with van der Waals surface area (Å²) < 4.78 is 11.1. The van der Waals surface area contributed by atoms with Crippen molar-refractivity contribution in [2.45, 2.75) is 58.3 Å². The zero-order valence-corrected chi connectivity index (χ0v) is 17.5. The lowest BCUT2D eigenvalue weighted by molar-refractivity contribution is 0.0505. The zero-order valence-electron chi connectivity index (χ0n) is 17.5. The van der Waals surface area contributed by atoms with Crippen LogP contribution in [0.1, 0.15) is 52.1 Å². The summed E-state index contributed by atoms with van der Waals surface area (Å²) in [6.45, 7) is 10.3. The van der Waals surface area contributed by atoms with Crippen molar-refractivity contribution in [3.8, 4) is 0 Å². The highest BCUT2D eigenvalue weighted by molar-refractivity contribution is 5.79. The molecule has 2 unspecified atom stereocenters. The van der Waals surface area contributed by atoms with Crippen LogP contribution in [0, 0.1) is 0 Å². The average molecular weight is 391 g/mol. The smallest absolute Gasteiger partial charge is 0.408 e. The lowest BCUT2D eigenvalue weighted by atomic mass is 10.1. The predicted molar refractivity (Wildman–Crippen MR) is 112 cm³/mol. The van der Waals surface area contributed by atoms with Gasteiger partial charge in [0, 0.05) is 19.7 Å². The first kappa shape index (κ1) is 22.0. The zero-order chi connectivity index (χ0) is 20.4. The Hall–Kier alpha value is -2.28. The number of nitrogens with zero attached hydrogens (tertiary/aromatic N) is 1. The number of ether oxygens (including phenoxy) is 2. The fourth-order valence-electron chi connectivity index (χ4n) is 2.91. The Morgan fingerprint density at radius 3 is 2.64 bits per heavy atom. The van der Waals surface area contributed by atoms with Crippen LogP contribution in [0.5, 0.6) is 0 Å². The number of carbonyl (C=O) groups excluding carboxylic acids is 1. The molecule has 1 saturated heterocycles. The standard InChI is InChI=1S/C21H34N4O3/c1-5-22-19(23-14-17-12-9-13-27-17)24-15-18(16-10-7-6-8-11-16)25-20(26)28-21(2,3)4/h6-8,10-11,17-18H,5,9,12-15H2,1-4H3,(H,25,26)(H2,22,23,24). The Morgan fingerprint density at radius 2 is 2.04 bits per heavy atom. The lowest BCUT2D eigenvalue weighted by Crippen LogP contribution is -2.42. The van der Waals surface area contributed by atoms with Gasteiger partial charge in [-0.15, -0.1) is 0 Å². The van der Waals surface area contributed by atoms with E-state index in [2.05, 4.69) is 20.9 Å². The van der Waals surface area contributed by atoms with Gasteiger partial charge in [0.15, 0.2) is 5.96 Å². The van der Waals surface area contributed by atoms with E-state index in [1.165, 1.54) is 0 Å². The van der Waals surface area contributed by atoms with Crippen molar-refractivity contribution in [2.24, 2.45) is 4.99 Å². The van der Waals surface area contributed by atoms with Crippen molar-refractivity contribution in [3.05, 3.63) is 35.9 Å². The number of carbonyl (C=O) groups is 1. The van der Waals surface area contributed by atoms with Gasteiger partial charge < -0.3 is 25.4 Å². The van der Waals surface area contributed by atoms with Crippen LogP contribution in [-0.2, 0) is 9.47 Å². The maximum atomic E-state index is 12.3. The normalized spacial score (nSPS) is 18.4.